The van der Waals surface area contributed by atoms with Crippen LogP contribution in [-0.2, 0) is 0 Å². The molecule has 0 aromatic carbocycles. The molecule has 1 aliphatic heterocycles. The number of terminal acetylenes is 1. The Balaban J connectivity index is 1.49. The van der Waals surface area contributed by atoms with E-state index in [9.17, 15) is 0 Å². The summed E-state index contributed by atoms with van der Waals surface area (Å²) >= 11 is 0. The lowest BCUT2D eigenvalue weighted by Gasteiger charge is -2.25. The first-order chi connectivity index (χ1) is 8.85. The molecule has 0 spiro atoms. The molecule has 2 aliphatic carbocycles. The van der Waals surface area contributed by atoms with Gasteiger partial charge in [0.25, 0.3) is 0 Å². The molecule has 2 saturated carbocycles. The molecule has 0 radical (unpaired) electrons. The summed E-state index contributed by atoms with van der Waals surface area (Å²) in [5.41, 5.74) is 0. The van der Waals surface area contributed by atoms with Crippen LogP contribution in [0, 0.1) is 24.2 Å². The second kappa shape index (κ2) is 5.63. The molecule has 3 fully saturated rings. The average molecular weight is 246 g/mol. The van der Waals surface area contributed by atoms with E-state index in [1.165, 1.54) is 58.0 Å². The summed E-state index contributed by atoms with van der Waals surface area (Å²) in [7, 11) is 0. The first-order valence-electron chi connectivity index (χ1n) is 7.77. The van der Waals surface area contributed by atoms with Gasteiger partial charge in [-0.3, -0.25) is 4.90 Å². The number of hydrogen-bond donors (Lipinski definition) is 1. The molecule has 100 valence electrons. The molecular formula is C16H26N2. The highest BCUT2D eigenvalue weighted by molar-refractivity contribution is 4.96. The van der Waals surface area contributed by atoms with E-state index in [-0.39, 0.29) is 0 Å². The van der Waals surface area contributed by atoms with Crippen LogP contribution in [0.4, 0.5) is 0 Å². The average Bonchev–Trinajstić information content (AvgIpc) is 3.07. The van der Waals surface area contributed by atoms with Crippen molar-refractivity contribution in [3.05, 3.63) is 0 Å². The highest BCUT2D eigenvalue weighted by Crippen LogP contribution is 2.34. The number of fused-ring (bicyclic) bond motifs is 1. The fourth-order valence-electron chi connectivity index (χ4n) is 3.88. The zero-order valence-electron chi connectivity index (χ0n) is 11.4. The van der Waals surface area contributed by atoms with Crippen molar-refractivity contribution in [2.75, 3.05) is 19.6 Å². The topological polar surface area (TPSA) is 15.3 Å². The summed E-state index contributed by atoms with van der Waals surface area (Å²) < 4.78 is 0. The summed E-state index contributed by atoms with van der Waals surface area (Å²) in [6.07, 6.45) is 15.5. The van der Waals surface area contributed by atoms with Crippen LogP contribution in [0.2, 0.25) is 0 Å². The Morgan fingerprint density at radius 1 is 1.11 bits per heavy atom. The SMILES string of the molecule is C#CCN(CC1CC1)CC1CC2CCCCC2N1. The summed E-state index contributed by atoms with van der Waals surface area (Å²) in [6.45, 7) is 3.25. The largest absolute Gasteiger partial charge is 0.310 e. The van der Waals surface area contributed by atoms with Gasteiger partial charge in [-0.05, 0) is 43.9 Å². The fraction of sp³-hybridized carbons (Fsp3) is 0.875. The van der Waals surface area contributed by atoms with E-state index >= 15 is 0 Å². The number of nitrogens with zero attached hydrogens (tertiary/aromatic N) is 1. The summed E-state index contributed by atoms with van der Waals surface area (Å²) in [4.78, 5) is 2.51. The van der Waals surface area contributed by atoms with Crippen LogP contribution in [0.25, 0.3) is 0 Å². The highest BCUT2D eigenvalue weighted by Gasteiger charge is 2.36. The molecular weight excluding hydrogens is 220 g/mol. The van der Waals surface area contributed by atoms with Gasteiger partial charge in [0, 0.05) is 25.2 Å². The number of nitrogens with one attached hydrogen (secondary N) is 1. The molecule has 3 aliphatic rings. The van der Waals surface area contributed by atoms with E-state index in [0.717, 1.165) is 24.4 Å². The Bertz CT molecular complexity index is 302. The Kier molecular flexibility index (Phi) is 3.91. The Morgan fingerprint density at radius 3 is 2.67 bits per heavy atom. The molecule has 2 heteroatoms. The van der Waals surface area contributed by atoms with Crippen LogP contribution in [0.15, 0.2) is 0 Å². The molecule has 2 nitrogen and oxygen atoms in total. The standard InChI is InChI=1S/C16H26N2/c1-2-9-18(11-13-7-8-13)12-15-10-14-5-3-4-6-16(14)17-15/h1,13-17H,3-12H2. The van der Waals surface area contributed by atoms with Gasteiger partial charge in [0.15, 0.2) is 0 Å². The third-order valence-electron chi connectivity index (χ3n) is 4.95. The second-order valence-corrected chi connectivity index (χ2v) is 6.59. The van der Waals surface area contributed by atoms with Crippen LogP contribution in [0.5, 0.6) is 0 Å². The first-order valence-corrected chi connectivity index (χ1v) is 7.77. The zero-order valence-corrected chi connectivity index (χ0v) is 11.4. The lowest BCUT2D eigenvalue weighted by Crippen LogP contribution is -2.41. The summed E-state index contributed by atoms with van der Waals surface area (Å²) in [6, 6.07) is 1.52. The van der Waals surface area contributed by atoms with Gasteiger partial charge in [-0.15, -0.1) is 6.42 Å². The van der Waals surface area contributed by atoms with Gasteiger partial charge in [-0.1, -0.05) is 18.8 Å². The van der Waals surface area contributed by atoms with Crippen molar-refractivity contribution in [1.29, 1.82) is 0 Å². The van der Waals surface area contributed by atoms with E-state index < -0.39 is 0 Å². The molecule has 0 aromatic heterocycles. The van der Waals surface area contributed by atoms with Crippen LogP contribution >= 0.6 is 0 Å². The number of rotatable bonds is 5. The van der Waals surface area contributed by atoms with Gasteiger partial charge in [0.2, 0.25) is 0 Å². The predicted molar refractivity (Wildman–Crippen MR) is 75.3 cm³/mol. The maximum atomic E-state index is 5.50. The van der Waals surface area contributed by atoms with Crippen molar-refractivity contribution in [3.8, 4) is 12.3 Å². The van der Waals surface area contributed by atoms with Gasteiger partial charge in [0.05, 0.1) is 6.54 Å². The number of hydrogen-bond acceptors (Lipinski definition) is 2. The molecule has 3 rings (SSSR count). The lowest BCUT2D eigenvalue weighted by atomic mass is 9.85. The van der Waals surface area contributed by atoms with E-state index in [0.29, 0.717) is 6.04 Å². The van der Waals surface area contributed by atoms with Gasteiger partial charge < -0.3 is 5.32 Å². The molecule has 3 unspecified atom stereocenters. The van der Waals surface area contributed by atoms with Gasteiger partial charge in [-0.2, -0.15) is 0 Å². The Morgan fingerprint density at radius 2 is 1.94 bits per heavy atom. The quantitative estimate of drug-likeness (QED) is 0.749. The predicted octanol–water partition coefficient (Wildman–Crippen LogP) is 2.25. The monoisotopic (exact) mass is 246 g/mol. The van der Waals surface area contributed by atoms with Crippen LogP contribution in [0.1, 0.15) is 44.9 Å². The van der Waals surface area contributed by atoms with Crippen LogP contribution < -0.4 is 5.32 Å². The normalized spacial score (nSPS) is 35.4. The minimum atomic E-state index is 0.699. The minimum Gasteiger partial charge on any atom is -0.310 e. The molecule has 1 N–H and O–H groups in total. The Labute approximate surface area is 112 Å². The van der Waals surface area contributed by atoms with Crippen molar-refractivity contribution in [1.82, 2.24) is 10.2 Å². The fourth-order valence-corrected chi connectivity index (χ4v) is 3.88. The second-order valence-electron chi connectivity index (χ2n) is 6.59. The third-order valence-corrected chi connectivity index (χ3v) is 4.95. The summed E-state index contributed by atoms with van der Waals surface area (Å²) in [5, 5.41) is 3.87. The molecule has 1 saturated heterocycles. The molecule has 0 bridgehead atoms. The van der Waals surface area contributed by atoms with Crippen molar-refractivity contribution in [3.63, 3.8) is 0 Å². The van der Waals surface area contributed by atoms with Crippen LogP contribution in [-0.4, -0.2) is 36.6 Å². The Hall–Kier alpha value is -0.520. The molecule has 0 aromatic rings. The maximum Gasteiger partial charge on any atom is 0.0599 e. The van der Waals surface area contributed by atoms with E-state index in [2.05, 4.69) is 16.1 Å². The van der Waals surface area contributed by atoms with Crippen molar-refractivity contribution in [2.24, 2.45) is 11.8 Å². The van der Waals surface area contributed by atoms with Gasteiger partial charge in [-0.25, -0.2) is 0 Å². The van der Waals surface area contributed by atoms with Crippen molar-refractivity contribution < 1.29 is 0 Å². The van der Waals surface area contributed by atoms with Crippen molar-refractivity contribution in [2.45, 2.75) is 57.0 Å². The summed E-state index contributed by atoms with van der Waals surface area (Å²) in [5.74, 6) is 4.74. The molecule has 0 amide bonds. The molecule has 1 heterocycles. The highest BCUT2D eigenvalue weighted by atomic mass is 15.2. The van der Waals surface area contributed by atoms with Gasteiger partial charge in [0.1, 0.15) is 0 Å². The van der Waals surface area contributed by atoms with E-state index in [4.69, 9.17) is 6.42 Å². The first kappa shape index (κ1) is 12.5. The van der Waals surface area contributed by atoms with Crippen LogP contribution in [0.3, 0.4) is 0 Å². The smallest absolute Gasteiger partial charge is 0.0599 e. The zero-order chi connectivity index (χ0) is 12.4. The van der Waals surface area contributed by atoms with Crippen molar-refractivity contribution >= 4 is 0 Å². The molecule has 18 heavy (non-hydrogen) atoms. The van der Waals surface area contributed by atoms with E-state index in [1.807, 2.05) is 0 Å². The maximum absolute atomic E-state index is 5.50. The van der Waals surface area contributed by atoms with E-state index in [1.54, 1.807) is 0 Å². The third kappa shape index (κ3) is 3.08. The molecule has 3 atom stereocenters. The van der Waals surface area contributed by atoms with Gasteiger partial charge >= 0.3 is 0 Å². The minimum absolute atomic E-state index is 0.699. The lowest BCUT2D eigenvalue weighted by molar-refractivity contribution is 0.263.